The normalized spacial score (nSPS) is 10.8. The van der Waals surface area contributed by atoms with E-state index in [0.29, 0.717) is 28.2 Å². The first-order chi connectivity index (χ1) is 17.9. The number of hydrogen-bond acceptors (Lipinski definition) is 6. The molecule has 4 aromatic carbocycles. The number of nitrogens with one attached hydrogen (secondary N) is 2. The van der Waals surface area contributed by atoms with E-state index in [-0.39, 0.29) is 6.54 Å². The molecule has 0 saturated heterocycles. The van der Waals surface area contributed by atoms with Crippen LogP contribution in [0.4, 0.5) is 0 Å². The molecule has 0 aliphatic rings. The predicted octanol–water partition coefficient (Wildman–Crippen LogP) is 4.26. The number of ether oxygens (including phenoxy) is 2. The minimum absolute atomic E-state index is 0.271. The summed E-state index contributed by atoms with van der Waals surface area (Å²) in [5, 5.41) is 8.28. The molecule has 8 heteroatoms. The zero-order chi connectivity index (χ0) is 26.2. The lowest BCUT2D eigenvalue weighted by atomic mass is 10.0. The number of carbonyl (C=O) groups is 3. The molecule has 0 radical (unpaired) electrons. The van der Waals surface area contributed by atoms with Crippen LogP contribution >= 0.6 is 0 Å². The van der Waals surface area contributed by atoms with Crippen molar-refractivity contribution in [3.8, 4) is 11.5 Å². The van der Waals surface area contributed by atoms with E-state index < -0.39 is 17.8 Å². The average Bonchev–Trinajstić information content (AvgIpc) is 2.92. The highest BCUT2D eigenvalue weighted by Crippen LogP contribution is 2.27. The maximum atomic E-state index is 12.8. The number of aryl methyl sites for hydroxylation is 1. The number of amides is 2. The number of hydrogen-bond donors (Lipinski definition) is 2. The van der Waals surface area contributed by atoms with Crippen LogP contribution in [0.25, 0.3) is 10.8 Å². The summed E-state index contributed by atoms with van der Waals surface area (Å²) in [5.41, 5.74) is 4.69. The fourth-order valence-electron chi connectivity index (χ4n) is 3.64. The van der Waals surface area contributed by atoms with Gasteiger partial charge in [-0.2, -0.15) is 5.10 Å². The number of rotatable bonds is 8. The van der Waals surface area contributed by atoms with Crippen molar-refractivity contribution in [2.24, 2.45) is 5.10 Å². The van der Waals surface area contributed by atoms with E-state index in [2.05, 4.69) is 15.8 Å². The Balaban J connectivity index is 1.45. The third kappa shape index (κ3) is 6.37. The topological polar surface area (TPSA) is 106 Å². The molecule has 0 unspecified atom stereocenters. The minimum Gasteiger partial charge on any atom is -0.497 e. The van der Waals surface area contributed by atoms with Gasteiger partial charge in [0, 0.05) is 11.1 Å². The standard InChI is InChI=1S/C29H25N3O5/c1-19-6-5-8-22(16-19)29(35)37-26-15-12-20-7-3-4-9-24(20)25(26)17-31-32-27(33)18-30-28(34)21-10-13-23(36-2)14-11-21/h3-17H,18H2,1-2H3,(H,30,34)(H,32,33)/b31-17+. The molecular formula is C29H25N3O5. The average molecular weight is 496 g/mol. The lowest BCUT2D eigenvalue weighted by molar-refractivity contribution is -0.120. The molecular weight excluding hydrogens is 470 g/mol. The van der Waals surface area contributed by atoms with Gasteiger partial charge in [-0.25, -0.2) is 10.2 Å². The summed E-state index contributed by atoms with van der Waals surface area (Å²) in [6.45, 7) is 1.62. The van der Waals surface area contributed by atoms with Crippen molar-refractivity contribution in [2.45, 2.75) is 6.92 Å². The second-order valence-electron chi connectivity index (χ2n) is 8.16. The number of hydrazone groups is 1. The van der Waals surface area contributed by atoms with Crippen molar-refractivity contribution in [3.05, 3.63) is 107 Å². The molecule has 37 heavy (non-hydrogen) atoms. The molecule has 4 aromatic rings. The van der Waals surface area contributed by atoms with Gasteiger partial charge in [0.25, 0.3) is 11.8 Å². The molecule has 0 atom stereocenters. The Morgan fingerprint density at radius 2 is 1.68 bits per heavy atom. The molecule has 0 saturated carbocycles. The van der Waals surface area contributed by atoms with Crippen molar-refractivity contribution < 1.29 is 23.9 Å². The molecule has 8 nitrogen and oxygen atoms in total. The zero-order valence-electron chi connectivity index (χ0n) is 20.4. The highest BCUT2D eigenvalue weighted by atomic mass is 16.5. The van der Waals surface area contributed by atoms with Gasteiger partial charge in [-0.3, -0.25) is 9.59 Å². The number of fused-ring (bicyclic) bond motifs is 1. The molecule has 0 bridgehead atoms. The summed E-state index contributed by atoms with van der Waals surface area (Å²) in [6, 6.07) is 24.7. The van der Waals surface area contributed by atoms with Gasteiger partial charge in [0.1, 0.15) is 11.5 Å². The van der Waals surface area contributed by atoms with Crippen LogP contribution in [0.5, 0.6) is 11.5 Å². The van der Waals surface area contributed by atoms with E-state index in [0.717, 1.165) is 16.3 Å². The van der Waals surface area contributed by atoms with Gasteiger partial charge in [0.2, 0.25) is 0 Å². The van der Waals surface area contributed by atoms with Crippen LogP contribution in [-0.2, 0) is 4.79 Å². The third-order valence-electron chi connectivity index (χ3n) is 5.53. The molecule has 0 spiro atoms. The highest BCUT2D eigenvalue weighted by molar-refractivity contribution is 6.04. The van der Waals surface area contributed by atoms with E-state index in [1.54, 1.807) is 48.5 Å². The molecule has 4 rings (SSSR count). The SMILES string of the molecule is COc1ccc(C(=O)NCC(=O)N/N=C/c2c(OC(=O)c3cccc(C)c3)ccc3ccccc23)cc1. The van der Waals surface area contributed by atoms with Crippen molar-refractivity contribution >= 4 is 34.8 Å². The fraction of sp³-hybridized carbons (Fsp3) is 0.103. The number of carbonyl (C=O) groups excluding carboxylic acids is 3. The Morgan fingerprint density at radius 1 is 0.892 bits per heavy atom. The zero-order valence-corrected chi connectivity index (χ0v) is 20.4. The Hall–Kier alpha value is -4.98. The Labute approximate surface area is 213 Å². The third-order valence-corrected chi connectivity index (χ3v) is 5.53. The van der Waals surface area contributed by atoms with Crippen LogP contribution in [0.2, 0.25) is 0 Å². The van der Waals surface area contributed by atoms with Crippen LogP contribution in [-0.4, -0.2) is 37.7 Å². The first kappa shape index (κ1) is 25.1. The smallest absolute Gasteiger partial charge is 0.343 e. The van der Waals surface area contributed by atoms with Gasteiger partial charge in [-0.05, 0) is 60.2 Å². The van der Waals surface area contributed by atoms with E-state index in [1.165, 1.54) is 13.3 Å². The molecule has 0 aliphatic carbocycles. The van der Waals surface area contributed by atoms with Gasteiger partial charge in [-0.15, -0.1) is 0 Å². The van der Waals surface area contributed by atoms with E-state index in [9.17, 15) is 14.4 Å². The van der Waals surface area contributed by atoms with Crippen LogP contribution in [0.1, 0.15) is 31.8 Å². The van der Waals surface area contributed by atoms with Crippen LogP contribution in [0, 0.1) is 6.92 Å². The largest absolute Gasteiger partial charge is 0.497 e. The lowest BCUT2D eigenvalue weighted by Crippen LogP contribution is -2.34. The van der Waals surface area contributed by atoms with Gasteiger partial charge < -0.3 is 14.8 Å². The second-order valence-corrected chi connectivity index (χ2v) is 8.16. The van der Waals surface area contributed by atoms with Crippen molar-refractivity contribution in [2.75, 3.05) is 13.7 Å². The molecule has 0 aliphatic heterocycles. The summed E-state index contributed by atoms with van der Waals surface area (Å²) in [7, 11) is 1.54. The molecule has 0 fully saturated rings. The second kappa shape index (κ2) is 11.6. The molecule has 2 N–H and O–H groups in total. The fourth-order valence-corrected chi connectivity index (χ4v) is 3.64. The number of methoxy groups -OCH3 is 1. The van der Waals surface area contributed by atoms with Gasteiger partial charge >= 0.3 is 5.97 Å². The molecule has 0 aromatic heterocycles. The molecule has 186 valence electrons. The summed E-state index contributed by atoms with van der Waals surface area (Å²) in [5.74, 6) is -0.492. The Morgan fingerprint density at radius 3 is 2.43 bits per heavy atom. The summed E-state index contributed by atoms with van der Waals surface area (Å²) in [6.07, 6.45) is 1.42. The van der Waals surface area contributed by atoms with Crippen LogP contribution < -0.4 is 20.2 Å². The van der Waals surface area contributed by atoms with Gasteiger partial charge in [0.05, 0.1) is 25.4 Å². The van der Waals surface area contributed by atoms with E-state index in [4.69, 9.17) is 9.47 Å². The van der Waals surface area contributed by atoms with E-state index in [1.807, 2.05) is 43.3 Å². The lowest BCUT2D eigenvalue weighted by Gasteiger charge is -2.11. The quantitative estimate of drug-likeness (QED) is 0.164. The van der Waals surface area contributed by atoms with Crippen molar-refractivity contribution in [3.63, 3.8) is 0 Å². The maximum absolute atomic E-state index is 12.8. The molecule has 2 amide bonds. The van der Waals surface area contributed by atoms with E-state index >= 15 is 0 Å². The monoisotopic (exact) mass is 495 g/mol. The maximum Gasteiger partial charge on any atom is 0.343 e. The Kier molecular flexibility index (Phi) is 7.90. The van der Waals surface area contributed by atoms with Crippen molar-refractivity contribution in [1.29, 1.82) is 0 Å². The Bertz CT molecular complexity index is 1480. The first-order valence-corrected chi connectivity index (χ1v) is 11.5. The summed E-state index contributed by atoms with van der Waals surface area (Å²) >= 11 is 0. The number of benzene rings is 4. The summed E-state index contributed by atoms with van der Waals surface area (Å²) < 4.78 is 10.8. The first-order valence-electron chi connectivity index (χ1n) is 11.5. The van der Waals surface area contributed by atoms with Crippen molar-refractivity contribution in [1.82, 2.24) is 10.7 Å². The van der Waals surface area contributed by atoms with Crippen LogP contribution in [0.15, 0.2) is 90.0 Å². The number of nitrogens with zero attached hydrogens (tertiary/aromatic N) is 1. The predicted molar refractivity (Wildman–Crippen MR) is 141 cm³/mol. The molecule has 0 heterocycles. The highest BCUT2D eigenvalue weighted by Gasteiger charge is 2.14. The number of esters is 1. The van der Waals surface area contributed by atoms with Gasteiger partial charge in [-0.1, -0.05) is 48.0 Å². The minimum atomic E-state index is -0.517. The van der Waals surface area contributed by atoms with Crippen LogP contribution in [0.3, 0.4) is 0 Å². The van der Waals surface area contributed by atoms with Gasteiger partial charge in [0.15, 0.2) is 0 Å². The summed E-state index contributed by atoms with van der Waals surface area (Å²) in [4.78, 5) is 37.3.